The van der Waals surface area contributed by atoms with Crippen LogP contribution >= 0.6 is 15.9 Å². The molecular weight excluding hydrogens is 451 g/mol. The van der Waals surface area contributed by atoms with Gasteiger partial charge in [-0.2, -0.15) is 13.2 Å². The van der Waals surface area contributed by atoms with Crippen LogP contribution in [-0.2, 0) is 12.7 Å². The first kappa shape index (κ1) is 19.1. The molecule has 0 aliphatic carbocycles. The van der Waals surface area contributed by atoms with Gasteiger partial charge in [0.25, 0.3) is 0 Å². The van der Waals surface area contributed by atoms with Crippen molar-refractivity contribution in [3.8, 4) is 11.5 Å². The zero-order valence-electron chi connectivity index (χ0n) is 14.8. The molecule has 0 aliphatic rings. The van der Waals surface area contributed by atoms with Gasteiger partial charge in [0.1, 0.15) is 6.54 Å². The summed E-state index contributed by atoms with van der Waals surface area (Å²) in [6, 6.07) is 5.87. The molecule has 0 bridgehead atoms. The summed E-state index contributed by atoms with van der Waals surface area (Å²) in [5.41, 5.74) is 0.179. The first-order valence-corrected chi connectivity index (χ1v) is 9.08. The van der Waals surface area contributed by atoms with Gasteiger partial charge >= 0.3 is 6.18 Å². The molecule has 0 atom stereocenters. The molecule has 0 unspecified atom stereocenters. The Bertz CT molecular complexity index is 1270. The minimum atomic E-state index is -4.64. The maximum absolute atomic E-state index is 13.6. The Balaban J connectivity index is 1.77. The first-order chi connectivity index (χ1) is 13.8. The van der Waals surface area contributed by atoms with E-state index >= 15 is 0 Å². The average Bonchev–Trinajstić information content (AvgIpc) is 3.25. The predicted molar refractivity (Wildman–Crippen MR) is 102 cm³/mol. The van der Waals surface area contributed by atoms with Crippen LogP contribution in [0.5, 0.6) is 0 Å². The number of benzene rings is 1. The fourth-order valence-electron chi connectivity index (χ4n) is 3.15. The van der Waals surface area contributed by atoms with E-state index in [0.717, 1.165) is 4.47 Å². The molecule has 0 radical (unpaired) electrons. The smallest absolute Gasteiger partial charge is 0.408 e. The molecule has 0 aliphatic heterocycles. The minimum Gasteiger partial charge on any atom is -0.419 e. The van der Waals surface area contributed by atoms with Gasteiger partial charge in [-0.15, -0.1) is 10.2 Å². The Morgan fingerprint density at radius 2 is 2.00 bits per heavy atom. The highest BCUT2D eigenvalue weighted by Crippen LogP contribution is 2.42. The van der Waals surface area contributed by atoms with Gasteiger partial charge in [0.05, 0.1) is 17.7 Å². The van der Waals surface area contributed by atoms with Gasteiger partial charge in [-0.05, 0) is 41.1 Å². The van der Waals surface area contributed by atoms with Crippen LogP contribution < -0.4 is 0 Å². The highest BCUT2D eigenvalue weighted by Gasteiger charge is 2.36. The third-order valence-corrected chi connectivity index (χ3v) is 4.82. The molecule has 4 rings (SSSR count). The van der Waals surface area contributed by atoms with Crippen molar-refractivity contribution in [1.29, 1.82) is 0 Å². The molecule has 3 aromatic heterocycles. The molecule has 0 spiro atoms. The maximum Gasteiger partial charge on any atom is 0.408 e. The lowest BCUT2D eigenvalue weighted by Gasteiger charge is -2.11. The summed E-state index contributed by atoms with van der Waals surface area (Å²) in [6.07, 6.45) is -1.45. The van der Waals surface area contributed by atoms with Gasteiger partial charge in [-0.25, -0.2) is 4.85 Å². The molecule has 3 heterocycles. The number of pyridine rings is 1. The lowest BCUT2D eigenvalue weighted by Crippen LogP contribution is -2.06. The second-order valence-electron chi connectivity index (χ2n) is 6.27. The van der Waals surface area contributed by atoms with E-state index in [1.54, 1.807) is 30.0 Å². The second-order valence-corrected chi connectivity index (χ2v) is 7.18. The first-order valence-electron chi connectivity index (χ1n) is 8.28. The zero-order chi connectivity index (χ0) is 20.8. The Morgan fingerprint density at radius 1 is 1.21 bits per heavy atom. The highest BCUT2D eigenvalue weighted by atomic mass is 79.9. The maximum atomic E-state index is 13.6. The molecule has 6 nitrogen and oxygen atoms in total. The Morgan fingerprint density at radius 3 is 2.69 bits per heavy atom. The number of hydrogen-bond acceptors (Lipinski definition) is 4. The van der Waals surface area contributed by atoms with Crippen molar-refractivity contribution in [3.05, 3.63) is 69.7 Å². The number of aromatic nitrogens is 4. The van der Waals surface area contributed by atoms with Crippen molar-refractivity contribution in [3.63, 3.8) is 0 Å². The van der Waals surface area contributed by atoms with Crippen LogP contribution in [0.2, 0.25) is 0 Å². The van der Waals surface area contributed by atoms with Crippen molar-refractivity contribution in [2.75, 3.05) is 0 Å². The topological polar surface area (TPSA) is 61.1 Å². The van der Waals surface area contributed by atoms with E-state index in [0.29, 0.717) is 16.8 Å². The molecule has 0 saturated heterocycles. The van der Waals surface area contributed by atoms with Crippen LogP contribution in [0.4, 0.5) is 18.9 Å². The molecule has 146 valence electrons. The quantitative estimate of drug-likeness (QED) is 0.363. The van der Waals surface area contributed by atoms with E-state index in [1.165, 1.54) is 18.2 Å². The number of halogens is 4. The number of alkyl halides is 3. The number of aryl methyl sites for hydroxylation is 1. The monoisotopic (exact) mass is 461 g/mol. The lowest BCUT2D eigenvalue weighted by atomic mass is 10.1. The standard InChI is InChI=1S/C19H11BrF3N5O/c1-10-5-13-15(4-3-14(24-2)17(13)19(21,22)23)28(10)9-16-26-27-18(29-16)11-6-12(20)8-25-7-11/h3-8H,9H2,1H3. The third kappa shape index (κ3) is 3.49. The van der Waals surface area contributed by atoms with Crippen LogP contribution in [-0.4, -0.2) is 19.7 Å². The number of rotatable bonds is 3. The zero-order valence-corrected chi connectivity index (χ0v) is 16.4. The van der Waals surface area contributed by atoms with Gasteiger partial charge in [0.2, 0.25) is 11.8 Å². The minimum absolute atomic E-state index is 0.0283. The fourth-order valence-corrected chi connectivity index (χ4v) is 3.52. The summed E-state index contributed by atoms with van der Waals surface area (Å²) in [6.45, 7) is 8.84. The molecular formula is C19H11BrF3N5O. The van der Waals surface area contributed by atoms with Gasteiger partial charge < -0.3 is 8.98 Å². The Labute approximate surface area is 170 Å². The van der Waals surface area contributed by atoms with Crippen LogP contribution in [0.15, 0.2) is 45.5 Å². The van der Waals surface area contributed by atoms with Crippen LogP contribution in [0.25, 0.3) is 27.2 Å². The predicted octanol–water partition coefficient (Wildman–Crippen LogP) is 5.78. The Kier molecular flexibility index (Phi) is 4.62. The second kappa shape index (κ2) is 7.00. The Hall–Kier alpha value is -3.19. The van der Waals surface area contributed by atoms with Crippen molar-refractivity contribution in [2.24, 2.45) is 0 Å². The van der Waals surface area contributed by atoms with E-state index in [1.807, 2.05) is 0 Å². The summed E-state index contributed by atoms with van der Waals surface area (Å²) in [5.74, 6) is 0.498. The van der Waals surface area contributed by atoms with Crippen LogP contribution in [0.1, 0.15) is 17.1 Å². The molecule has 4 aromatic rings. The molecule has 1 aromatic carbocycles. The fraction of sp³-hybridized carbons (Fsp3) is 0.158. The lowest BCUT2D eigenvalue weighted by molar-refractivity contribution is -0.135. The van der Waals surface area contributed by atoms with Gasteiger partial charge in [0.15, 0.2) is 5.69 Å². The van der Waals surface area contributed by atoms with E-state index < -0.39 is 17.4 Å². The largest absolute Gasteiger partial charge is 0.419 e. The molecule has 0 amide bonds. The number of fused-ring (bicyclic) bond motifs is 1. The van der Waals surface area contributed by atoms with Crippen LogP contribution in [0.3, 0.4) is 0 Å². The summed E-state index contributed by atoms with van der Waals surface area (Å²) < 4.78 is 48.7. The van der Waals surface area contributed by atoms with E-state index in [2.05, 4.69) is 36.0 Å². The molecule has 0 fully saturated rings. The molecule has 0 N–H and O–H groups in total. The SMILES string of the molecule is [C-]#[N+]c1ccc2c(cc(C)n2Cc2nnc(-c3cncc(Br)c3)o2)c1C(F)(F)F. The van der Waals surface area contributed by atoms with E-state index in [4.69, 9.17) is 11.0 Å². The molecule has 0 saturated carbocycles. The van der Waals surface area contributed by atoms with E-state index in [-0.39, 0.29) is 23.7 Å². The molecule has 29 heavy (non-hydrogen) atoms. The summed E-state index contributed by atoms with van der Waals surface area (Å²) in [7, 11) is 0. The van der Waals surface area contributed by atoms with E-state index in [9.17, 15) is 13.2 Å². The average molecular weight is 462 g/mol. The third-order valence-electron chi connectivity index (χ3n) is 4.39. The van der Waals surface area contributed by atoms with Crippen molar-refractivity contribution in [1.82, 2.24) is 19.7 Å². The summed E-state index contributed by atoms with van der Waals surface area (Å²) >= 11 is 3.32. The highest BCUT2D eigenvalue weighted by molar-refractivity contribution is 9.10. The van der Waals surface area contributed by atoms with Crippen molar-refractivity contribution >= 4 is 32.5 Å². The van der Waals surface area contributed by atoms with Crippen molar-refractivity contribution in [2.45, 2.75) is 19.6 Å². The summed E-state index contributed by atoms with van der Waals surface area (Å²) in [4.78, 5) is 7.06. The van der Waals surface area contributed by atoms with Crippen LogP contribution in [0, 0.1) is 13.5 Å². The van der Waals surface area contributed by atoms with Gasteiger partial charge in [0, 0.05) is 33.5 Å². The molecule has 10 heteroatoms. The van der Waals surface area contributed by atoms with Gasteiger partial charge in [-0.1, -0.05) is 6.07 Å². The number of nitrogens with zero attached hydrogens (tertiary/aromatic N) is 5. The summed E-state index contributed by atoms with van der Waals surface area (Å²) in [5, 5.41) is 7.96. The van der Waals surface area contributed by atoms with Gasteiger partial charge in [-0.3, -0.25) is 4.98 Å². The van der Waals surface area contributed by atoms with Crippen molar-refractivity contribution < 1.29 is 17.6 Å². The number of hydrogen-bond donors (Lipinski definition) is 0. The normalized spacial score (nSPS) is 11.7.